The monoisotopic (exact) mass is 242 g/mol. The van der Waals surface area contributed by atoms with Crippen molar-refractivity contribution in [1.29, 1.82) is 0 Å². The third-order valence-corrected chi connectivity index (χ3v) is 3.13. The molecule has 0 rings (SSSR count). The zero-order chi connectivity index (χ0) is 12.9. The highest BCUT2D eigenvalue weighted by atomic mass is 16.5. The van der Waals surface area contributed by atoms with Crippen LogP contribution in [-0.4, -0.2) is 12.6 Å². The summed E-state index contributed by atoms with van der Waals surface area (Å²) in [7, 11) is 0. The van der Waals surface area contributed by atoms with Gasteiger partial charge in [0, 0.05) is 6.42 Å². The Morgan fingerprint density at radius 3 is 2.35 bits per heavy atom. The standard InChI is InChI=1S/C15H30O2/c1-4-6-7-8-9-11-14(3)12-13-17-15(16)10-5-2/h14H,4-13H2,1-3H3. The van der Waals surface area contributed by atoms with Crippen LogP contribution in [0.4, 0.5) is 0 Å². The van der Waals surface area contributed by atoms with Crippen LogP contribution in [0.25, 0.3) is 0 Å². The van der Waals surface area contributed by atoms with Crippen molar-refractivity contribution in [2.75, 3.05) is 6.61 Å². The molecule has 0 aliphatic heterocycles. The van der Waals surface area contributed by atoms with Crippen LogP contribution >= 0.6 is 0 Å². The Morgan fingerprint density at radius 2 is 1.71 bits per heavy atom. The van der Waals surface area contributed by atoms with Crippen LogP contribution in [0.2, 0.25) is 0 Å². The number of carbonyl (C=O) groups excluding carboxylic acids is 1. The molecule has 1 unspecified atom stereocenters. The average Bonchev–Trinajstić information content (AvgIpc) is 2.29. The van der Waals surface area contributed by atoms with Crippen molar-refractivity contribution in [2.45, 2.75) is 78.6 Å². The van der Waals surface area contributed by atoms with Crippen molar-refractivity contribution in [3.05, 3.63) is 0 Å². The summed E-state index contributed by atoms with van der Waals surface area (Å²) in [5.41, 5.74) is 0. The quantitative estimate of drug-likeness (QED) is 0.387. The first-order chi connectivity index (χ1) is 8.20. The molecule has 1 atom stereocenters. The molecule has 0 heterocycles. The Kier molecular flexibility index (Phi) is 11.6. The Morgan fingerprint density at radius 1 is 1.00 bits per heavy atom. The van der Waals surface area contributed by atoms with Crippen molar-refractivity contribution >= 4 is 5.97 Å². The van der Waals surface area contributed by atoms with Crippen LogP contribution in [0, 0.1) is 5.92 Å². The van der Waals surface area contributed by atoms with Crippen molar-refractivity contribution in [1.82, 2.24) is 0 Å². The van der Waals surface area contributed by atoms with E-state index in [1.165, 1.54) is 38.5 Å². The summed E-state index contributed by atoms with van der Waals surface area (Å²) in [6, 6.07) is 0. The lowest BCUT2D eigenvalue weighted by atomic mass is 9.99. The normalized spacial score (nSPS) is 12.4. The molecule has 0 aromatic rings. The number of hydrogen-bond donors (Lipinski definition) is 0. The molecule has 2 nitrogen and oxygen atoms in total. The Balaban J connectivity index is 3.28. The highest BCUT2D eigenvalue weighted by Crippen LogP contribution is 2.14. The van der Waals surface area contributed by atoms with E-state index in [1.54, 1.807) is 0 Å². The lowest BCUT2D eigenvalue weighted by molar-refractivity contribution is -0.144. The number of hydrogen-bond acceptors (Lipinski definition) is 2. The van der Waals surface area contributed by atoms with Gasteiger partial charge in [-0.3, -0.25) is 4.79 Å². The second-order valence-corrected chi connectivity index (χ2v) is 5.07. The van der Waals surface area contributed by atoms with E-state index >= 15 is 0 Å². The zero-order valence-corrected chi connectivity index (χ0v) is 12.0. The van der Waals surface area contributed by atoms with Gasteiger partial charge in [-0.25, -0.2) is 0 Å². The minimum absolute atomic E-state index is 0.0392. The fourth-order valence-electron chi connectivity index (χ4n) is 1.89. The van der Waals surface area contributed by atoms with E-state index in [0.29, 0.717) is 18.9 Å². The van der Waals surface area contributed by atoms with Gasteiger partial charge in [-0.2, -0.15) is 0 Å². The molecule has 0 radical (unpaired) electrons. The Labute approximate surface area is 107 Å². The van der Waals surface area contributed by atoms with Crippen LogP contribution in [0.5, 0.6) is 0 Å². The summed E-state index contributed by atoms with van der Waals surface area (Å²) < 4.78 is 5.16. The molecule has 0 N–H and O–H groups in total. The van der Waals surface area contributed by atoms with E-state index in [4.69, 9.17) is 4.74 Å². The molecule has 102 valence electrons. The molecule has 0 aromatic carbocycles. The van der Waals surface area contributed by atoms with Gasteiger partial charge in [0.25, 0.3) is 0 Å². The number of rotatable bonds is 11. The third kappa shape index (κ3) is 11.7. The van der Waals surface area contributed by atoms with Gasteiger partial charge in [0.1, 0.15) is 0 Å². The molecule has 0 aliphatic rings. The molecular formula is C15H30O2. The lowest BCUT2D eigenvalue weighted by Gasteiger charge is -2.11. The fraction of sp³-hybridized carbons (Fsp3) is 0.933. The predicted octanol–water partition coefficient (Wildman–Crippen LogP) is 4.72. The summed E-state index contributed by atoms with van der Waals surface area (Å²) in [5.74, 6) is 0.647. The first kappa shape index (κ1) is 16.5. The second kappa shape index (κ2) is 11.9. The van der Waals surface area contributed by atoms with Crippen LogP contribution < -0.4 is 0 Å². The number of unbranched alkanes of at least 4 members (excludes halogenated alkanes) is 4. The molecule has 0 saturated carbocycles. The van der Waals surface area contributed by atoms with Gasteiger partial charge in [0.15, 0.2) is 0 Å². The van der Waals surface area contributed by atoms with E-state index in [9.17, 15) is 4.79 Å². The van der Waals surface area contributed by atoms with E-state index in [0.717, 1.165) is 12.8 Å². The molecule has 0 saturated heterocycles. The average molecular weight is 242 g/mol. The van der Waals surface area contributed by atoms with Gasteiger partial charge in [-0.1, -0.05) is 59.3 Å². The highest BCUT2D eigenvalue weighted by Gasteiger charge is 2.05. The smallest absolute Gasteiger partial charge is 0.305 e. The van der Waals surface area contributed by atoms with Crippen molar-refractivity contribution < 1.29 is 9.53 Å². The Bertz CT molecular complexity index is 178. The maximum atomic E-state index is 11.1. The van der Waals surface area contributed by atoms with Gasteiger partial charge in [0.05, 0.1) is 6.61 Å². The minimum Gasteiger partial charge on any atom is -0.466 e. The molecule has 0 spiro atoms. The molecule has 0 aliphatic carbocycles. The first-order valence-electron chi connectivity index (χ1n) is 7.36. The SMILES string of the molecule is CCCCCCCC(C)CCOC(=O)CCC. The number of carbonyl (C=O) groups is 1. The lowest BCUT2D eigenvalue weighted by Crippen LogP contribution is -2.08. The van der Waals surface area contributed by atoms with E-state index < -0.39 is 0 Å². The summed E-state index contributed by atoms with van der Waals surface area (Å²) in [4.78, 5) is 11.1. The second-order valence-electron chi connectivity index (χ2n) is 5.07. The predicted molar refractivity (Wildman–Crippen MR) is 73.0 cm³/mol. The van der Waals surface area contributed by atoms with Gasteiger partial charge < -0.3 is 4.74 Å². The van der Waals surface area contributed by atoms with Crippen LogP contribution in [-0.2, 0) is 9.53 Å². The molecule has 0 amide bonds. The van der Waals surface area contributed by atoms with Crippen molar-refractivity contribution in [3.8, 4) is 0 Å². The van der Waals surface area contributed by atoms with Gasteiger partial charge >= 0.3 is 5.97 Å². The van der Waals surface area contributed by atoms with Crippen LogP contribution in [0.15, 0.2) is 0 Å². The van der Waals surface area contributed by atoms with Gasteiger partial charge in [-0.05, 0) is 18.8 Å². The minimum atomic E-state index is -0.0392. The van der Waals surface area contributed by atoms with E-state index in [-0.39, 0.29) is 5.97 Å². The zero-order valence-electron chi connectivity index (χ0n) is 12.0. The maximum Gasteiger partial charge on any atom is 0.305 e. The molecule has 2 heteroatoms. The molecule has 17 heavy (non-hydrogen) atoms. The molecule has 0 bridgehead atoms. The van der Waals surface area contributed by atoms with Crippen molar-refractivity contribution in [2.24, 2.45) is 5.92 Å². The molecule has 0 fully saturated rings. The van der Waals surface area contributed by atoms with Gasteiger partial charge in [0.2, 0.25) is 0 Å². The summed E-state index contributed by atoms with van der Waals surface area (Å²) >= 11 is 0. The first-order valence-corrected chi connectivity index (χ1v) is 7.36. The number of esters is 1. The van der Waals surface area contributed by atoms with Gasteiger partial charge in [-0.15, -0.1) is 0 Å². The molecular weight excluding hydrogens is 212 g/mol. The molecule has 0 aromatic heterocycles. The Hall–Kier alpha value is -0.530. The third-order valence-electron chi connectivity index (χ3n) is 3.13. The van der Waals surface area contributed by atoms with E-state index in [1.807, 2.05) is 6.92 Å². The van der Waals surface area contributed by atoms with E-state index in [2.05, 4.69) is 13.8 Å². The summed E-state index contributed by atoms with van der Waals surface area (Å²) in [5, 5.41) is 0. The topological polar surface area (TPSA) is 26.3 Å². The largest absolute Gasteiger partial charge is 0.466 e. The van der Waals surface area contributed by atoms with Crippen LogP contribution in [0.1, 0.15) is 78.6 Å². The maximum absolute atomic E-state index is 11.1. The van der Waals surface area contributed by atoms with Crippen LogP contribution in [0.3, 0.4) is 0 Å². The number of ether oxygens (including phenoxy) is 1. The summed E-state index contributed by atoms with van der Waals surface area (Å²) in [6.07, 6.45) is 10.5. The fourth-order valence-corrected chi connectivity index (χ4v) is 1.89. The summed E-state index contributed by atoms with van der Waals surface area (Å²) in [6.45, 7) is 7.11. The van der Waals surface area contributed by atoms with Crippen molar-refractivity contribution in [3.63, 3.8) is 0 Å². The highest BCUT2D eigenvalue weighted by molar-refractivity contribution is 5.69.